The Labute approximate surface area is 191 Å². The Bertz CT molecular complexity index is 995. The van der Waals surface area contributed by atoms with Crippen molar-refractivity contribution in [1.29, 1.82) is 0 Å². The highest BCUT2D eigenvalue weighted by Gasteiger charge is 2.36. The predicted octanol–water partition coefficient (Wildman–Crippen LogP) is 1.76. The van der Waals surface area contributed by atoms with Crippen LogP contribution < -0.4 is 10.6 Å². The van der Waals surface area contributed by atoms with Crippen molar-refractivity contribution in [3.05, 3.63) is 59.7 Å². The number of carboxylic acid groups (broad SMARTS) is 1. The first-order chi connectivity index (χ1) is 16.0. The van der Waals surface area contributed by atoms with E-state index in [0.29, 0.717) is 0 Å². The lowest BCUT2D eigenvalue weighted by atomic mass is 9.98. The second-order valence-corrected chi connectivity index (χ2v) is 8.03. The molecule has 2 aliphatic rings. The summed E-state index contributed by atoms with van der Waals surface area (Å²) in [7, 11) is 1.34. The van der Waals surface area contributed by atoms with Gasteiger partial charge in [-0.2, -0.15) is 0 Å². The molecule has 0 bridgehead atoms. The van der Waals surface area contributed by atoms with Crippen LogP contribution in [0.1, 0.15) is 17.0 Å². The Balaban J connectivity index is 1.30. The Morgan fingerprint density at radius 2 is 1.70 bits per heavy atom. The fourth-order valence-corrected chi connectivity index (χ4v) is 4.32. The summed E-state index contributed by atoms with van der Waals surface area (Å²) in [6.45, 7) is 0.183. The molecular weight excluding hydrogens is 428 g/mol. The standard InChI is InChI=1S/C24H26N2O7/c1-31-21(22(27)26-20-13-32-11-19(20)23(28)29)10-25-24(30)33-12-18-16-8-4-2-6-14(16)15-7-3-5-9-17(15)18/h2-9,18-21H,10-13H2,1H3,(H,25,30)(H,26,27)(H,28,29). The number of carbonyl (C=O) groups excluding carboxylic acids is 2. The van der Waals surface area contributed by atoms with Crippen molar-refractivity contribution in [2.75, 3.05) is 33.5 Å². The monoisotopic (exact) mass is 454 g/mol. The quantitative estimate of drug-likeness (QED) is 0.555. The van der Waals surface area contributed by atoms with Gasteiger partial charge in [0.15, 0.2) is 6.10 Å². The minimum Gasteiger partial charge on any atom is -0.481 e. The van der Waals surface area contributed by atoms with Crippen molar-refractivity contribution < 1.29 is 33.7 Å². The van der Waals surface area contributed by atoms with Crippen molar-refractivity contribution in [3.8, 4) is 11.1 Å². The third kappa shape index (κ3) is 4.84. The van der Waals surface area contributed by atoms with Crippen LogP contribution >= 0.6 is 0 Å². The number of hydrogen-bond acceptors (Lipinski definition) is 6. The summed E-state index contributed by atoms with van der Waals surface area (Å²) in [6, 6.07) is 15.4. The van der Waals surface area contributed by atoms with E-state index >= 15 is 0 Å². The van der Waals surface area contributed by atoms with E-state index in [1.54, 1.807) is 0 Å². The highest BCUT2D eigenvalue weighted by atomic mass is 16.5. The molecule has 174 valence electrons. The van der Waals surface area contributed by atoms with Gasteiger partial charge in [-0.1, -0.05) is 48.5 Å². The molecule has 2 aromatic rings. The zero-order chi connectivity index (χ0) is 23.4. The summed E-state index contributed by atoms with van der Waals surface area (Å²) in [6.07, 6.45) is -1.67. The summed E-state index contributed by atoms with van der Waals surface area (Å²) >= 11 is 0. The molecule has 1 saturated heterocycles. The number of benzene rings is 2. The third-order valence-corrected chi connectivity index (χ3v) is 6.08. The van der Waals surface area contributed by atoms with Gasteiger partial charge >= 0.3 is 12.1 Å². The number of methoxy groups -OCH3 is 1. The molecule has 0 spiro atoms. The number of amides is 2. The third-order valence-electron chi connectivity index (χ3n) is 6.08. The number of hydrogen-bond donors (Lipinski definition) is 3. The molecule has 2 aromatic carbocycles. The molecule has 1 aliphatic carbocycles. The van der Waals surface area contributed by atoms with Crippen molar-refractivity contribution >= 4 is 18.0 Å². The Kier molecular flexibility index (Phi) is 6.90. The van der Waals surface area contributed by atoms with E-state index in [1.165, 1.54) is 7.11 Å². The molecule has 1 fully saturated rings. The number of alkyl carbamates (subject to hydrolysis) is 1. The minimum atomic E-state index is -1.04. The highest BCUT2D eigenvalue weighted by Crippen LogP contribution is 2.44. The minimum absolute atomic E-state index is 0.0376. The van der Waals surface area contributed by atoms with Crippen molar-refractivity contribution in [3.63, 3.8) is 0 Å². The molecule has 3 unspecified atom stereocenters. The van der Waals surface area contributed by atoms with E-state index in [-0.39, 0.29) is 32.3 Å². The van der Waals surface area contributed by atoms with E-state index in [1.807, 2.05) is 36.4 Å². The first-order valence-electron chi connectivity index (χ1n) is 10.7. The van der Waals surface area contributed by atoms with Crippen LogP contribution in [0.5, 0.6) is 0 Å². The second kappa shape index (κ2) is 10.0. The lowest BCUT2D eigenvalue weighted by Crippen LogP contribution is -2.50. The molecule has 9 heteroatoms. The van der Waals surface area contributed by atoms with Crippen LogP contribution in [0.4, 0.5) is 4.79 Å². The van der Waals surface area contributed by atoms with Crippen LogP contribution in [0.25, 0.3) is 11.1 Å². The van der Waals surface area contributed by atoms with Gasteiger partial charge in [-0.3, -0.25) is 9.59 Å². The Hall–Kier alpha value is -3.43. The first kappa shape index (κ1) is 22.8. The fourth-order valence-electron chi connectivity index (χ4n) is 4.32. The van der Waals surface area contributed by atoms with Crippen LogP contribution in [0.3, 0.4) is 0 Å². The Morgan fingerprint density at radius 1 is 1.06 bits per heavy atom. The maximum atomic E-state index is 12.5. The van der Waals surface area contributed by atoms with Crippen molar-refractivity contribution in [2.45, 2.75) is 18.1 Å². The van der Waals surface area contributed by atoms with E-state index in [0.717, 1.165) is 22.3 Å². The Morgan fingerprint density at radius 3 is 2.30 bits per heavy atom. The fraction of sp³-hybridized carbons (Fsp3) is 0.375. The average Bonchev–Trinajstić information content (AvgIpc) is 3.41. The van der Waals surface area contributed by atoms with Crippen molar-refractivity contribution in [1.82, 2.24) is 10.6 Å². The molecule has 1 heterocycles. The van der Waals surface area contributed by atoms with Gasteiger partial charge in [-0.05, 0) is 22.3 Å². The SMILES string of the molecule is COC(CNC(=O)OCC1c2ccccc2-c2ccccc21)C(=O)NC1COCC1C(=O)O. The number of fused-ring (bicyclic) bond motifs is 3. The van der Waals surface area contributed by atoms with Crippen LogP contribution in [-0.4, -0.2) is 68.7 Å². The first-order valence-corrected chi connectivity index (χ1v) is 10.7. The molecule has 4 rings (SSSR count). The maximum absolute atomic E-state index is 12.5. The second-order valence-electron chi connectivity index (χ2n) is 8.03. The molecule has 0 aromatic heterocycles. The van der Waals surface area contributed by atoms with Crippen LogP contribution in [0.15, 0.2) is 48.5 Å². The van der Waals surface area contributed by atoms with Gasteiger partial charge in [0.05, 0.1) is 25.8 Å². The smallest absolute Gasteiger partial charge is 0.407 e. The van der Waals surface area contributed by atoms with Crippen molar-refractivity contribution in [2.24, 2.45) is 5.92 Å². The molecule has 0 radical (unpaired) electrons. The average molecular weight is 454 g/mol. The molecule has 3 N–H and O–H groups in total. The van der Waals surface area contributed by atoms with Gasteiger partial charge in [0.2, 0.25) is 0 Å². The molecule has 3 atom stereocenters. The predicted molar refractivity (Wildman–Crippen MR) is 118 cm³/mol. The number of nitrogens with one attached hydrogen (secondary N) is 2. The van der Waals surface area contributed by atoms with E-state index in [4.69, 9.17) is 14.2 Å². The molecule has 9 nitrogen and oxygen atoms in total. The van der Waals surface area contributed by atoms with Gasteiger partial charge in [0.25, 0.3) is 5.91 Å². The lowest BCUT2D eigenvalue weighted by molar-refractivity contribution is -0.142. The summed E-state index contributed by atoms with van der Waals surface area (Å²) in [5.41, 5.74) is 4.47. The summed E-state index contributed by atoms with van der Waals surface area (Å²) in [4.78, 5) is 36.1. The molecular formula is C24H26N2O7. The van der Waals surface area contributed by atoms with Crippen LogP contribution in [-0.2, 0) is 23.8 Å². The zero-order valence-corrected chi connectivity index (χ0v) is 18.2. The number of rotatable bonds is 8. The summed E-state index contributed by atoms with van der Waals surface area (Å²) < 4.78 is 15.8. The lowest BCUT2D eigenvalue weighted by Gasteiger charge is -2.21. The van der Waals surface area contributed by atoms with Gasteiger partial charge in [-0.25, -0.2) is 4.79 Å². The van der Waals surface area contributed by atoms with E-state index in [2.05, 4.69) is 22.8 Å². The van der Waals surface area contributed by atoms with Gasteiger partial charge in [-0.15, -0.1) is 0 Å². The molecule has 33 heavy (non-hydrogen) atoms. The summed E-state index contributed by atoms with van der Waals surface area (Å²) in [5.74, 6) is -2.46. The number of carbonyl (C=O) groups is 3. The van der Waals surface area contributed by atoms with Gasteiger partial charge in [0, 0.05) is 13.0 Å². The highest BCUT2D eigenvalue weighted by molar-refractivity contribution is 5.83. The number of aliphatic carboxylic acids is 1. The van der Waals surface area contributed by atoms with Crippen LogP contribution in [0.2, 0.25) is 0 Å². The zero-order valence-electron chi connectivity index (χ0n) is 18.2. The number of ether oxygens (including phenoxy) is 3. The largest absolute Gasteiger partial charge is 0.481 e. The van der Waals surface area contributed by atoms with Gasteiger partial charge in [0.1, 0.15) is 12.5 Å². The topological polar surface area (TPSA) is 123 Å². The maximum Gasteiger partial charge on any atom is 0.407 e. The van der Waals surface area contributed by atoms with E-state index < -0.39 is 36.0 Å². The number of carboxylic acids is 1. The van der Waals surface area contributed by atoms with E-state index in [9.17, 15) is 19.5 Å². The summed E-state index contributed by atoms with van der Waals surface area (Å²) in [5, 5.41) is 14.4. The van der Waals surface area contributed by atoms with Crippen LogP contribution in [0, 0.1) is 5.92 Å². The molecule has 0 saturated carbocycles. The molecule has 1 aliphatic heterocycles. The molecule has 2 amide bonds. The van der Waals surface area contributed by atoms with Gasteiger partial charge < -0.3 is 30.0 Å². The normalized spacial score (nSPS) is 19.9.